The number of carbonyl (C=O) groups is 1. The third-order valence-corrected chi connectivity index (χ3v) is 3.93. The first-order valence-corrected chi connectivity index (χ1v) is 6.60. The Balaban J connectivity index is 2.24. The van der Waals surface area contributed by atoms with Crippen molar-refractivity contribution >= 4 is 45.0 Å². The number of hydrazine groups is 1. The minimum atomic E-state index is -0.173. The van der Waals surface area contributed by atoms with Gasteiger partial charge in [-0.15, -0.1) is 11.3 Å². The summed E-state index contributed by atoms with van der Waals surface area (Å²) in [7, 11) is 3.52. The predicted molar refractivity (Wildman–Crippen MR) is 77.7 cm³/mol. The summed E-state index contributed by atoms with van der Waals surface area (Å²) in [5.74, 6) is -0.173. The Morgan fingerprint density at radius 2 is 2.11 bits per heavy atom. The standard InChI is InChI=1S/C13H13ClN2OS/c1-16(2)15-12(17)8-7-11-13(14)9-5-3-4-6-10(9)18-11/h3-8H,1-2H3,(H,15,17)/b8-7+. The van der Waals surface area contributed by atoms with Crippen LogP contribution in [0.2, 0.25) is 5.02 Å². The molecular weight excluding hydrogens is 268 g/mol. The average Bonchev–Trinajstić information content (AvgIpc) is 2.64. The Hall–Kier alpha value is -1.36. The molecule has 0 aliphatic heterocycles. The smallest absolute Gasteiger partial charge is 0.258 e. The van der Waals surface area contributed by atoms with Crippen molar-refractivity contribution in [1.29, 1.82) is 0 Å². The molecule has 0 aliphatic rings. The average molecular weight is 281 g/mol. The van der Waals surface area contributed by atoms with E-state index in [0.717, 1.165) is 15.0 Å². The fraction of sp³-hybridized carbons (Fsp3) is 0.154. The third kappa shape index (κ3) is 2.90. The molecule has 2 aromatic rings. The highest BCUT2D eigenvalue weighted by molar-refractivity contribution is 7.20. The van der Waals surface area contributed by atoms with Gasteiger partial charge in [-0.25, -0.2) is 5.01 Å². The molecule has 3 nitrogen and oxygen atoms in total. The summed E-state index contributed by atoms with van der Waals surface area (Å²) < 4.78 is 1.12. The van der Waals surface area contributed by atoms with Crippen LogP contribution in [0.1, 0.15) is 4.88 Å². The second-order valence-electron chi connectivity index (χ2n) is 3.98. The largest absolute Gasteiger partial charge is 0.286 e. The first kappa shape index (κ1) is 13.1. The van der Waals surface area contributed by atoms with Crippen LogP contribution in [0.15, 0.2) is 30.3 Å². The monoisotopic (exact) mass is 280 g/mol. The van der Waals surface area contributed by atoms with Crippen LogP contribution in [-0.2, 0) is 4.79 Å². The number of rotatable bonds is 3. The zero-order valence-electron chi connectivity index (χ0n) is 10.1. The van der Waals surface area contributed by atoms with Crippen molar-refractivity contribution < 1.29 is 4.79 Å². The van der Waals surface area contributed by atoms with Gasteiger partial charge < -0.3 is 0 Å². The molecule has 94 valence electrons. The summed E-state index contributed by atoms with van der Waals surface area (Å²) in [6.45, 7) is 0. The number of halogens is 1. The van der Waals surface area contributed by atoms with E-state index in [4.69, 9.17) is 11.6 Å². The fourth-order valence-electron chi connectivity index (χ4n) is 1.55. The Bertz CT molecular complexity index is 604. The minimum absolute atomic E-state index is 0.173. The van der Waals surface area contributed by atoms with Crippen molar-refractivity contribution in [2.45, 2.75) is 0 Å². The van der Waals surface area contributed by atoms with E-state index in [0.29, 0.717) is 5.02 Å². The van der Waals surface area contributed by atoms with E-state index in [-0.39, 0.29) is 5.91 Å². The van der Waals surface area contributed by atoms with Crippen molar-refractivity contribution in [1.82, 2.24) is 10.4 Å². The maximum absolute atomic E-state index is 11.5. The zero-order valence-corrected chi connectivity index (χ0v) is 11.7. The van der Waals surface area contributed by atoms with Crippen LogP contribution < -0.4 is 5.43 Å². The third-order valence-electron chi connectivity index (χ3n) is 2.28. The molecular formula is C13H13ClN2OS. The molecule has 1 heterocycles. The predicted octanol–water partition coefficient (Wildman–Crippen LogP) is 3.16. The van der Waals surface area contributed by atoms with Crippen LogP contribution in [0.3, 0.4) is 0 Å². The lowest BCUT2D eigenvalue weighted by Gasteiger charge is -2.08. The molecule has 0 bridgehead atoms. The second-order valence-corrected chi connectivity index (χ2v) is 5.44. The molecule has 1 N–H and O–H groups in total. The maximum atomic E-state index is 11.5. The van der Waals surface area contributed by atoms with E-state index in [1.165, 1.54) is 6.08 Å². The van der Waals surface area contributed by atoms with Crippen molar-refractivity contribution in [2.24, 2.45) is 0 Å². The van der Waals surface area contributed by atoms with Crippen molar-refractivity contribution in [3.05, 3.63) is 40.2 Å². The molecule has 0 saturated carbocycles. The van der Waals surface area contributed by atoms with E-state index >= 15 is 0 Å². The normalized spacial score (nSPS) is 11.6. The molecule has 0 fully saturated rings. The van der Waals surface area contributed by atoms with Crippen LogP contribution in [0, 0.1) is 0 Å². The summed E-state index contributed by atoms with van der Waals surface area (Å²) in [6.07, 6.45) is 3.22. The van der Waals surface area contributed by atoms with Crippen molar-refractivity contribution in [3.63, 3.8) is 0 Å². The van der Waals surface area contributed by atoms with Gasteiger partial charge in [-0.3, -0.25) is 10.2 Å². The zero-order chi connectivity index (χ0) is 13.1. The number of amides is 1. The van der Waals surface area contributed by atoms with E-state index in [9.17, 15) is 4.79 Å². The number of hydrogen-bond donors (Lipinski definition) is 1. The van der Waals surface area contributed by atoms with Gasteiger partial charge in [0.2, 0.25) is 0 Å². The molecule has 0 unspecified atom stereocenters. The van der Waals surface area contributed by atoms with Gasteiger partial charge in [-0.2, -0.15) is 0 Å². The number of nitrogens with one attached hydrogen (secondary N) is 1. The SMILES string of the molecule is CN(C)NC(=O)/C=C/c1sc2ccccc2c1Cl. The Morgan fingerprint density at radius 1 is 1.39 bits per heavy atom. The number of thiophene rings is 1. The van der Waals surface area contributed by atoms with Gasteiger partial charge in [0.1, 0.15) is 0 Å². The van der Waals surface area contributed by atoms with Crippen LogP contribution in [0.5, 0.6) is 0 Å². The highest BCUT2D eigenvalue weighted by Crippen LogP contribution is 2.35. The summed E-state index contributed by atoms with van der Waals surface area (Å²) in [5, 5.41) is 3.32. The van der Waals surface area contributed by atoms with E-state index in [2.05, 4.69) is 5.43 Å². The van der Waals surface area contributed by atoms with Gasteiger partial charge in [-0.05, 0) is 12.1 Å². The van der Waals surface area contributed by atoms with E-state index in [1.807, 2.05) is 24.3 Å². The van der Waals surface area contributed by atoms with Crippen molar-refractivity contribution in [2.75, 3.05) is 14.1 Å². The van der Waals surface area contributed by atoms with Gasteiger partial charge in [0.25, 0.3) is 5.91 Å². The van der Waals surface area contributed by atoms with Gasteiger partial charge in [0.05, 0.1) is 5.02 Å². The molecule has 5 heteroatoms. The van der Waals surface area contributed by atoms with Crippen LogP contribution in [-0.4, -0.2) is 25.0 Å². The van der Waals surface area contributed by atoms with Gasteiger partial charge in [0.15, 0.2) is 0 Å². The van der Waals surface area contributed by atoms with Crippen LogP contribution >= 0.6 is 22.9 Å². The summed E-state index contributed by atoms with van der Waals surface area (Å²) in [5.41, 5.74) is 2.64. The molecule has 1 aromatic heterocycles. The number of benzene rings is 1. The molecule has 0 aliphatic carbocycles. The highest BCUT2D eigenvalue weighted by Gasteiger charge is 2.07. The molecule has 1 amide bonds. The van der Waals surface area contributed by atoms with Gasteiger partial charge in [-0.1, -0.05) is 29.8 Å². The molecule has 0 radical (unpaired) electrons. The Labute approximate surface area is 115 Å². The lowest BCUT2D eigenvalue weighted by molar-refractivity contribution is -0.119. The summed E-state index contributed by atoms with van der Waals surface area (Å²) >= 11 is 7.84. The Kier molecular flexibility index (Phi) is 4.01. The second kappa shape index (κ2) is 5.52. The van der Waals surface area contributed by atoms with Gasteiger partial charge >= 0.3 is 0 Å². The molecule has 18 heavy (non-hydrogen) atoms. The number of carbonyl (C=O) groups excluding carboxylic acids is 1. The van der Waals surface area contributed by atoms with E-state index in [1.54, 1.807) is 36.5 Å². The topological polar surface area (TPSA) is 32.3 Å². The van der Waals surface area contributed by atoms with Gasteiger partial charge in [0, 0.05) is 35.1 Å². The highest BCUT2D eigenvalue weighted by atomic mass is 35.5. The summed E-state index contributed by atoms with van der Waals surface area (Å²) in [4.78, 5) is 12.4. The molecule has 0 atom stereocenters. The molecule has 0 saturated heterocycles. The number of fused-ring (bicyclic) bond motifs is 1. The number of nitrogens with zero attached hydrogens (tertiary/aromatic N) is 1. The minimum Gasteiger partial charge on any atom is -0.286 e. The summed E-state index contributed by atoms with van der Waals surface area (Å²) in [6, 6.07) is 7.92. The maximum Gasteiger partial charge on any atom is 0.258 e. The quantitative estimate of drug-likeness (QED) is 0.692. The van der Waals surface area contributed by atoms with E-state index < -0.39 is 0 Å². The molecule has 0 spiro atoms. The Morgan fingerprint density at radius 3 is 2.78 bits per heavy atom. The lowest BCUT2D eigenvalue weighted by atomic mass is 10.2. The lowest BCUT2D eigenvalue weighted by Crippen LogP contribution is -2.34. The number of hydrogen-bond acceptors (Lipinski definition) is 3. The van der Waals surface area contributed by atoms with Crippen LogP contribution in [0.4, 0.5) is 0 Å². The molecule has 1 aromatic carbocycles. The first-order valence-electron chi connectivity index (χ1n) is 5.41. The van der Waals surface area contributed by atoms with Crippen molar-refractivity contribution in [3.8, 4) is 0 Å². The first-order chi connectivity index (χ1) is 8.58. The fourth-order valence-corrected chi connectivity index (χ4v) is 2.95. The molecule has 2 rings (SSSR count). The van der Waals surface area contributed by atoms with Crippen LogP contribution in [0.25, 0.3) is 16.2 Å².